The third kappa shape index (κ3) is 7.99. The van der Waals surface area contributed by atoms with Gasteiger partial charge in [-0.25, -0.2) is 9.59 Å². The Kier molecular flexibility index (Phi) is 8.22. The van der Waals surface area contributed by atoms with Crippen LogP contribution in [0.25, 0.3) is 0 Å². The van der Waals surface area contributed by atoms with Crippen LogP contribution in [0.4, 0.5) is 9.59 Å². The van der Waals surface area contributed by atoms with Crippen molar-refractivity contribution in [1.29, 1.82) is 10.5 Å². The Morgan fingerprint density at radius 2 is 1.42 bits per heavy atom. The third-order valence-electron chi connectivity index (χ3n) is 2.99. The first-order valence-electron chi connectivity index (χ1n) is 7.31. The minimum atomic E-state index is -1.05. The van der Waals surface area contributed by atoms with Crippen LogP contribution in [-0.2, 0) is 17.9 Å². The van der Waals surface area contributed by atoms with Crippen molar-refractivity contribution in [1.82, 2.24) is 5.32 Å². The Hall–Kier alpha value is -4.04. The topological polar surface area (TPSA) is 149 Å². The fraction of sp³-hybridized carbons (Fsp3) is 0.111. The molecule has 0 radical (unpaired) electrons. The third-order valence-corrected chi connectivity index (χ3v) is 2.99. The molecule has 2 amide bonds. The second kappa shape index (κ2) is 10.7. The van der Waals surface area contributed by atoms with Gasteiger partial charge < -0.3 is 20.9 Å². The number of nitriles is 2. The van der Waals surface area contributed by atoms with E-state index in [-0.39, 0.29) is 13.2 Å². The lowest BCUT2D eigenvalue weighted by molar-refractivity contribution is 0.150. The van der Waals surface area contributed by atoms with Gasteiger partial charge in [0.05, 0.1) is 23.3 Å². The van der Waals surface area contributed by atoms with Crippen molar-refractivity contribution < 1.29 is 19.4 Å². The zero-order chi connectivity index (χ0) is 19.4. The van der Waals surface area contributed by atoms with Gasteiger partial charge in [0.15, 0.2) is 0 Å². The molecule has 2 rings (SSSR count). The fourth-order valence-electron chi connectivity index (χ4n) is 1.70. The van der Waals surface area contributed by atoms with Gasteiger partial charge in [-0.15, -0.1) is 0 Å². The molecule has 26 heavy (non-hydrogen) atoms. The van der Waals surface area contributed by atoms with E-state index in [1.807, 2.05) is 12.1 Å². The van der Waals surface area contributed by atoms with E-state index < -0.39 is 12.2 Å². The molecule has 132 valence electrons. The monoisotopic (exact) mass is 352 g/mol. The Balaban J connectivity index is 0.000000260. The smallest absolute Gasteiger partial charge is 0.404 e. The van der Waals surface area contributed by atoms with Crippen molar-refractivity contribution in [3.05, 3.63) is 70.8 Å². The van der Waals surface area contributed by atoms with Crippen LogP contribution in [0.2, 0.25) is 0 Å². The summed E-state index contributed by atoms with van der Waals surface area (Å²) >= 11 is 0. The second-order valence-corrected chi connectivity index (χ2v) is 4.88. The molecule has 8 heteroatoms. The average Bonchev–Trinajstić information content (AvgIpc) is 2.66. The summed E-state index contributed by atoms with van der Waals surface area (Å²) in [6.45, 7) is 0.405. The van der Waals surface area contributed by atoms with E-state index in [0.717, 1.165) is 11.1 Å². The molecule has 0 spiro atoms. The number of hydrogen-bond donors (Lipinski definition) is 3. The Morgan fingerprint density at radius 3 is 1.81 bits per heavy atom. The summed E-state index contributed by atoms with van der Waals surface area (Å²) in [6, 6.07) is 17.4. The van der Waals surface area contributed by atoms with Crippen molar-refractivity contribution in [3.8, 4) is 12.1 Å². The number of hydrogen-bond acceptors (Lipinski definition) is 5. The lowest BCUT2D eigenvalue weighted by atomic mass is 10.1. The minimum Gasteiger partial charge on any atom is -0.465 e. The van der Waals surface area contributed by atoms with Crippen LogP contribution >= 0.6 is 0 Å². The molecule has 0 bridgehead atoms. The zero-order valence-corrected chi connectivity index (χ0v) is 13.7. The molecule has 8 nitrogen and oxygen atoms in total. The van der Waals surface area contributed by atoms with Gasteiger partial charge in [-0.3, -0.25) is 0 Å². The van der Waals surface area contributed by atoms with Crippen molar-refractivity contribution >= 4 is 12.2 Å². The van der Waals surface area contributed by atoms with Gasteiger partial charge in [-0.2, -0.15) is 10.5 Å². The van der Waals surface area contributed by atoms with Crippen LogP contribution in [0, 0.1) is 22.7 Å². The van der Waals surface area contributed by atoms with Crippen LogP contribution in [0.1, 0.15) is 22.3 Å². The van der Waals surface area contributed by atoms with Crippen molar-refractivity contribution in [2.24, 2.45) is 5.73 Å². The normalized spacial score (nSPS) is 8.85. The zero-order valence-electron chi connectivity index (χ0n) is 13.7. The Labute approximate surface area is 150 Å². The SMILES string of the molecule is N#Cc1ccc(CNC(=O)O)cc1.N#Cc1ccc(COC(N)=O)cc1. The number of ether oxygens (including phenoxy) is 1. The highest BCUT2D eigenvalue weighted by Gasteiger charge is 1.97. The molecule has 0 heterocycles. The number of amides is 2. The van der Waals surface area contributed by atoms with Crippen molar-refractivity contribution in [3.63, 3.8) is 0 Å². The summed E-state index contributed by atoms with van der Waals surface area (Å²) in [5.74, 6) is 0. The van der Waals surface area contributed by atoms with E-state index in [1.165, 1.54) is 0 Å². The van der Waals surface area contributed by atoms with Crippen LogP contribution < -0.4 is 11.1 Å². The molecule has 0 saturated heterocycles. The summed E-state index contributed by atoms with van der Waals surface area (Å²) in [5, 5.41) is 27.5. The summed E-state index contributed by atoms with van der Waals surface area (Å²) in [5.41, 5.74) is 7.56. The summed E-state index contributed by atoms with van der Waals surface area (Å²) in [6.07, 6.45) is -1.85. The van der Waals surface area contributed by atoms with Gasteiger partial charge in [0.25, 0.3) is 0 Å². The highest BCUT2D eigenvalue weighted by Crippen LogP contribution is 2.04. The van der Waals surface area contributed by atoms with Crippen molar-refractivity contribution in [2.75, 3.05) is 0 Å². The van der Waals surface area contributed by atoms with Crippen molar-refractivity contribution in [2.45, 2.75) is 13.2 Å². The molecule has 0 aliphatic carbocycles. The van der Waals surface area contributed by atoms with E-state index in [0.29, 0.717) is 11.1 Å². The number of nitrogens with zero attached hydrogens (tertiary/aromatic N) is 2. The minimum absolute atomic E-state index is 0.140. The maximum atomic E-state index is 10.2. The number of carbonyl (C=O) groups is 2. The van der Waals surface area contributed by atoms with E-state index in [9.17, 15) is 9.59 Å². The highest BCUT2D eigenvalue weighted by molar-refractivity contribution is 5.64. The lowest BCUT2D eigenvalue weighted by Gasteiger charge is -2.00. The first kappa shape index (κ1) is 20.0. The quantitative estimate of drug-likeness (QED) is 0.769. The molecular formula is C18H16N4O4. The van der Waals surface area contributed by atoms with Gasteiger partial charge in [0, 0.05) is 6.54 Å². The number of rotatable bonds is 4. The molecule has 0 aliphatic heterocycles. The summed E-state index contributed by atoms with van der Waals surface area (Å²) < 4.78 is 4.56. The van der Waals surface area contributed by atoms with E-state index in [4.69, 9.17) is 21.4 Å². The predicted molar refractivity (Wildman–Crippen MR) is 91.6 cm³/mol. The van der Waals surface area contributed by atoms with Crippen LogP contribution in [0.3, 0.4) is 0 Å². The van der Waals surface area contributed by atoms with Gasteiger partial charge in [-0.05, 0) is 35.4 Å². The van der Waals surface area contributed by atoms with Gasteiger partial charge in [0.1, 0.15) is 6.61 Å². The molecule has 0 aliphatic rings. The number of carboxylic acid groups (broad SMARTS) is 1. The molecule has 0 unspecified atom stereocenters. The average molecular weight is 352 g/mol. The molecule has 4 N–H and O–H groups in total. The number of carbonyl (C=O) groups excluding carboxylic acids is 1. The Morgan fingerprint density at radius 1 is 0.962 bits per heavy atom. The number of nitrogens with one attached hydrogen (secondary N) is 1. The molecule has 2 aromatic carbocycles. The predicted octanol–water partition coefficient (Wildman–Crippen LogP) is 2.48. The number of primary amides is 1. The number of nitrogens with two attached hydrogens (primary N) is 1. The van der Waals surface area contributed by atoms with Crippen LogP contribution in [-0.4, -0.2) is 17.3 Å². The Bertz CT molecular complexity index is 747. The molecule has 0 atom stereocenters. The maximum absolute atomic E-state index is 10.2. The van der Waals surface area contributed by atoms with E-state index in [2.05, 4.69) is 10.1 Å². The molecule has 0 aromatic heterocycles. The van der Waals surface area contributed by atoms with Gasteiger partial charge >= 0.3 is 12.2 Å². The van der Waals surface area contributed by atoms with Crippen LogP contribution in [0.15, 0.2) is 48.5 Å². The van der Waals surface area contributed by atoms with E-state index >= 15 is 0 Å². The fourth-order valence-corrected chi connectivity index (χ4v) is 1.70. The van der Waals surface area contributed by atoms with E-state index in [1.54, 1.807) is 48.5 Å². The van der Waals surface area contributed by atoms with Crippen LogP contribution in [0.5, 0.6) is 0 Å². The first-order chi connectivity index (χ1) is 12.4. The molecular weight excluding hydrogens is 336 g/mol. The largest absolute Gasteiger partial charge is 0.465 e. The number of benzene rings is 2. The molecule has 0 saturated carbocycles. The lowest BCUT2D eigenvalue weighted by Crippen LogP contribution is -2.19. The summed E-state index contributed by atoms with van der Waals surface area (Å²) in [7, 11) is 0. The summed E-state index contributed by atoms with van der Waals surface area (Å²) in [4.78, 5) is 20.4. The highest BCUT2D eigenvalue weighted by atomic mass is 16.5. The maximum Gasteiger partial charge on any atom is 0.404 e. The van der Waals surface area contributed by atoms with Gasteiger partial charge in [0.2, 0.25) is 0 Å². The molecule has 0 fully saturated rings. The van der Waals surface area contributed by atoms with Gasteiger partial charge in [-0.1, -0.05) is 24.3 Å². The molecule has 2 aromatic rings. The second-order valence-electron chi connectivity index (χ2n) is 4.88. The first-order valence-corrected chi connectivity index (χ1v) is 7.31. The standard InChI is InChI=1S/2C9H8N2O2/c10-5-7-1-3-8(4-2-7)6-13-9(11)12;10-5-7-1-3-8(4-2-7)6-11-9(12)13/h1-4H,6H2,(H2,11,12);1-4,11H,6H2,(H,12,13).